The Labute approximate surface area is 119 Å². The molecule has 3 nitrogen and oxygen atoms in total. The summed E-state index contributed by atoms with van der Waals surface area (Å²) in [5.41, 5.74) is 3.66. The number of hydrogen-bond donors (Lipinski definition) is 1. The highest BCUT2D eigenvalue weighted by Crippen LogP contribution is 2.26. The summed E-state index contributed by atoms with van der Waals surface area (Å²) in [6, 6.07) is 17.5. The smallest absolute Gasteiger partial charge is 0.0991 e. The van der Waals surface area contributed by atoms with Crippen LogP contribution in [0.15, 0.2) is 48.5 Å². The van der Waals surface area contributed by atoms with Gasteiger partial charge in [0.15, 0.2) is 0 Å². The molecule has 0 aliphatic carbocycles. The highest BCUT2D eigenvalue weighted by molar-refractivity contribution is 5.63. The summed E-state index contributed by atoms with van der Waals surface area (Å²) in [4.78, 5) is 2.04. The molecule has 0 aliphatic heterocycles. The van der Waals surface area contributed by atoms with Crippen LogP contribution in [0.25, 0.3) is 0 Å². The van der Waals surface area contributed by atoms with Gasteiger partial charge in [-0.1, -0.05) is 19.1 Å². The quantitative estimate of drug-likeness (QED) is 0.916. The summed E-state index contributed by atoms with van der Waals surface area (Å²) in [5.74, 6) is 0. The Morgan fingerprint density at radius 2 is 1.55 bits per heavy atom. The van der Waals surface area contributed by atoms with E-state index in [-0.39, 0.29) is 0 Å². The molecule has 0 amide bonds. The zero-order chi connectivity index (χ0) is 14.5. The lowest BCUT2D eigenvalue weighted by molar-refractivity contribution is 0.173. The minimum Gasteiger partial charge on any atom is -0.388 e. The fourth-order valence-electron chi connectivity index (χ4n) is 2.06. The molecule has 1 atom stereocenters. The second-order valence-electron chi connectivity index (χ2n) is 4.73. The highest BCUT2D eigenvalue weighted by atomic mass is 16.3. The van der Waals surface area contributed by atoms with E-state index in [0.717, 1.165) is 16.9 Å². The van der Waals surface area contributed by atoms with Gasteiger partial charge in [0.2, 0.25) is 0 Å². The SMILES string of the molecule is CC[C@H](O)c1ccc(N(C)c2ccc(C#N)cc2)cc1. The molecule has 0 bridgehead atoms. The predicted molar refractivity (Wildman–Crippen MR) is 80.9 cm³/mol. The van der Waals surface area contributed by atoms with Gasteiger partial charge in [-0.05, 0) is 48.4 Å². The minimum atomic E-state index is -0.399. The van der Waals surface area contributed by atoms with E-state index in [2.05, 4.69) is 6.07 Å². The van der Waals surface area contributed by atoms with Gasteiger partial charge >= 0.3 is 0 Å². The van der Waals surface area contributed by atoms with Crippen molar-refractivity contribution < 1.29 is 5.11 Å². The molecule has 0 aromatic heterocycles. The lowest BCUT2D eigenvalue weighted by Crippen LogP contribution is -2.09. The van der Waals surface area contributed by atoms with Crippen LogP contribution in [-0.2, 0) is 0 Å². The third-order valence-corrected chi connectivity index (χ3v) is 3.44. The topological polar surface area (TPSA) is 47.3 Å². The molecule has 0 aliphatic rings. The number of aliphatic hydroxyl groups excluding tert-OH is 1. The first kappa shape index (κ1) is 14.1. The van der Waals surface area contributed by atoms with Gasteiger partial charge in [-0.3, -0.25) is 0 Å². The molecule has 0 radical (unpaired) electrons. The summed E-state index contributed by atoms with van der Waals surface area (Å²) < 4.78 is 0. The van der Waals surface area contributed by atoms with E-state index in [4.69, 9.17) is 5.26 Å². The lowest BCUT2D eigenvalue weighted by atomic mass is 10.1. The van der Waals surface area contributed by atoms with Crippen LogP contribution >= 0.6 is 0 Å². The molecule has 0 saturated carbocycles. The van der Waals surface area contributed by atoms with Crippen LogP contribution in [0.3, 0.4) is 0 Å². The summed E-state index contributed by atoms with van der Waals surface area (Å²) in [7, 11) is 1.98. The van der Waals surface area contributed by atoms with Crippen LogP contribution in [0.2, 0.25) is 0 Å². The molecule has 0 fully saturated rings. The maximum absolute atomic E-state index is 9.79. The second-order valence-corrected chi connectivity index (χ2v) is 4.73. The van der Waals surface area contributed by atoms with Crippen LogP contribution < -0.4 is 4.90 Å². The Hall–Kier alpha value is -2.31. The number of hydrogen-bond acceptors (Lipinski definition) is 3. The number of rotatable bonds is 4. The number of nitriles is 1. The Bertz CT molecular complexity index is 596. The Kier molecular flexibility index (Phi) is 4.39. The van der Waals surface area contributed by atoms with Gasteiger partial charge in [0.05, 0.1) is 17.7 Å². The van der Waals surface area contributed by atoms with E-state index < -0.39 is 6.10 Å². The average molecular weight is 266 g/mol. The largest absolute Gasteiger partial charge is 0.388 e. The van der Waals surface area contributed by atoms with Gasteiger partial charge in [-0.15, -0.1) is 0 Å². The van der Waals surface area contributed by atoms with Gasteiger partial charge in [0, 0.05) is 18.4 Å². The molecule has 1 N–H and O–H groups in total. The fraction of sp³-hybridized carbons (Fsp3) is 0.235. The number of benzene rings is 2. The number of nitrogens with zero attached hydrogens (tertiary/aromatic N) is 2. The zero-order valence-corrected chi connectivity index (χ0v) is 11.7. The lowest BCUT2D eigenvalue weighted by Gasteiger charge is -2.20. The summed E-state index contributed by atoms with van der Waals surface area (Å²) in [5, 5.41) is 18.6. The number of anilines is 2. The molecule has 20 heavy (non-hydrogen) atoms. The van der Waals surface area contributed by atoms with Crippen molar-refractivity contribution in [3.05, 3.63) is 59.7 Å². The van der Waals surface area contributed by atoms with Crippen molar-refractivity contribution >= 4 is 11.4 Å². The van der Waals surface area contributed by atoms with Gasteiger partial charge in [0.1, 0.15) is 0 Å². The maximum atomic E-state index is 9.79. The van der Waals surface area contributed by atoms with Crippen molar-refractivity contribution in [2.24, 2.45) is 0 Å². The van der Waals surface area contributed by atoms with Gasteiger partial charge < -0.3 is 10.0 Å². The summed E-state index contributed by atoms with van der Waals surface area (Å²) in [6.07, 6.45) is 0.314. The van der Waals surface area contributed by atoms with Crippen molar-refractivity contribution in [2.45, 2.75) is 19.4 Å². The standard InChI is InChI=1S/C17H18N2O/c1-3-17(20)14-6-10-16(11-7-14)19(2)15-8-4-13(12-18)5-9-15/h4-11,17,20H,3H2,1-2H3/t17-/m0/s1. The van der Waals surface area contributed by atoms with Crippen LogP contribution in [0.4, 0.5) is 11.4 Å². The molecular weight excluding hydrogens is 248 g/mol. The van der Waals surface area contributed by atoms with Crippen LogP contribution in [-0.4, -0.2) is 12.2 Å². The average Bonchev–Trinajstić information content (AvgIpc) is 2.53. The van der Waals surface area contributed by atoms with E-state index in [9.17, 15) is 5.11 Å². The third kappa shape index (κ3) is 2.98. The molecule has 2 aromatic rings. The van der Waals surface area contributed by atoms with Crippen molar-refractivity contribution in [3.63, 3.8) is 0 Å². The van der Waals surface area contributed by atoms with Crippen LogP contribution in [0.1, 0.15) is 30.6 Å². The van der Waals surface area contributed by atoms with Gasteiger partial charge in [-0.25, -0.2) is 0 Å². The summed E-state index contributed by atoms with van der Waals surface area (Å²) in [6.45, 7) is 1.96. The molecule has 0 unspecified atom stereocenters. The molecule has 0 spiro atoms. The van der Waals surface area contributed by atoms with Crippen molar-refractivity contribution in [3.8, 4) is 6.07 Å². The van der Waals surface area contributed by atoms with Crippen LogP contribution in [0, 0.1) is 11.3 Å². The van der Waals surface area contributed by atoms with Gasteiger partial charge in [0.25, 0.3) is 0 Å². The minimum absolute atomic E-state index is 0.399. The Balaban J connectivity index is 2.20. The number of aliphatic hydroxyl groups is 1. The first-order chi connectivity index (χ1) is 9.65. The fourth-order valence-corrected chi connectivity index (χ4v) is 2.06. The van der Waals surface area contributed by atoms with Crippen molar-refractivity contribution in [2.75, 3.05) is 11.9 Å². The van der Waals surface area contributed by atoms with Crippen LogP contribution in [0.5, 0.6) is 0 Å². The zero-order valence-electron chi connectivity index (χ0n) is 11.7. The molecule has 3 heteroatoms. The van der Waals surface area contributed by atoms with E-state index in [1.54, 1.807) is 12.1 Å². The first-order valence-corrected chi connectivity index (χ1v) is 6.67. The molecule has 0 heterocycles. The monoisotopic (exact) mass is 266 g/mol. The van der Waals surface area contributed by atoms with Gasteiger partial charge in [-0.2, -0.15) is 5.26 Å². The van der Waals surface area contributed by atoms with E-state index in [0.29, 0.717) is 12.0 Å². The normalized spacial score (nSPS) is 11.7. The molecule has 2 rings (SSSR count). The van der Waals surface area contributed by atoms with E-state index in [1.165, 1.54) is 0 Å². The predicted octanol–water partition coefficient (Wildman–Crippen LogP) is 3.77. The third-order valence-electron chi connectivity index (χ3n) is 3.44. The summed E-state index contributed by atoms with van der Waals surface area (Å²) >= 11 is 0. The van der Waals surface area contributed by atoms with E-state index in [1.807, 2.05) is 55.3 Å². The molecule has 102 valence electrons. The molecule has 2 aromatic carbocycles. The Morgan fingerprint density at radius 1 is 1.05 bits per heavy atom. The Morgan fingerprint density at radius 3 is 2.00 bits per heavy atom. The maximum Gasteiger partial charge on any atom is 0.0991 e. The second kappa shape index (κ2) is 6.23. The van der Waals surface area contributed by atoms with E-state index >= 15 is 0 Å². The van der Waals surface area contributed by atoms with Crippen molar-refractivity contribution in [1.82, 2.24) is 0 Å². The molecular formula is C17H18N2O. The molecule has 0 saturated heterocycles. The highest BCUT2D eigenvalue weighted by Gasteiger charge is 2.07. The van der Waals surface area contributed by atoms with Crippen molar-refractivity contribution in [1.29, 1.82) is 5.26 Å². The first-order valence-electron chi connectivity index (χ1n) is 6.67.